The number of nitrogens with one attached hydrogen (secondary N) is 1. The summed E-state index contributed by atoms with van der Waals surface area (Å²) < 4.78 is 27.8. The van der Waals surface area contributed by atoms with Crippen LogP contribution in [-0.2, 0) is 16.4 Å². The number of aryl methyl sites for hydroxylation is 1. The molecule has 3 aromatic rings. The molecule has 0 amide bonds. The van der Waals surface area contributed by atoms with Crippen molar-refractivity contribution in [2.24, 2.45) is 0 Å². The number of hydrogen-bond donors (Lipinski definition) is 1. The summed E-state index contributed by atoms with van der Waals surface area (Å²) in [5, 5.41) is 16.5. The quantitative estimate of drug-likeness (QED) is 0.740. The highest BCUT2D eigenvalue weighted by atomic mass is 32.2. The topological polar surface area (TPSA) is 101 Å². The van der Waals surface area contributed by atoms with E-state index in [9.17, 15) is 8.42 Å². The molecule has 1 aromatic carbocycles. The monoisotopic (exact) mass is 367 g/mol. The van der Waals surface area contributed by atoms with E-state index in [0.29, 0.717) is 23.6 Å². The van der Waals surface area contributed by atoms with E-state index in [-0.39, 0.29) is 15.5 Å². The Labute approximate surface area is 151 Å². The molecular formula is C18H17N5O2S. The fraction of sp³-hybridized carbons (Fsp3) is 0.167. The minimum absolute atomic E-state index is 0.0361. The Morgan fingerprint density at radius 1 is 1.23 bits per heavy atom. The van der Waals surface area contributed by atoms with Crippen LogP contribution in [0.3, 0.4) is 0 Å². The van der Waals surface area contributed by atoms with Gasteiger partial charge in [0.1, 0.15) is 0 Å². The van der Waals surface area contributed by atoms with Gasteiger partial charge in [-0.1, -0.05) is 6.07 Å². The Balaban J connectivity index is 2.23. The van der Waals surface area contributed by atoms with Crippen molar-refractivity contribution in [2.45, 2.75) is 23.4 Å². The zero-order valence-electron chi connectivity index (χ0n) is 14.3. The maximum Gasteiger partial charge on any atom is 0.224 e. The van der Waals surface area contributed by atoms with Crippen molar-refractivity contribution in [1.29, 1.82) is 5.26 Å². The van der Waals surface area contributed by atoms with Gasteiger partial charge in [-0.05, 0) is 44.3 Å². The lowest BCUT2D eigenvalue weighted by molar-refractivity contribution is 0.585. The Morgan fingerprint density at radius 2 is 2.04 bits per heavy atom. The van der Waals surface area contributed by atoms with Crippen molar-refractivity contribution in [3.05, 3.63) is 65.6 Å². The molecule has 0 radical (unpaired) electrons. The van der Waals surface area contributed by atoms with E-state index >= 15 is 0 Å². The van der Waals surface area contributed by atoms with Crippen LogP contribution < -0.4 is 5.32 Å². The van der Waals surface area contributed by atoms with E-state index in [4.69, 9.17) is 5.26 Å². The fourth-order valence-corrected chi connectivity index (χ4v) is 4.03. The molecule has 2 aromatic heterocycles. The third-order valence-electron chi connectivity index (χ3n) is 3.84. The number of nitrogens with zero attached hydrogens (tertiary/aromatic N) is 4. The normalized spacial score (nSPS) is 11.3. The maximum atomic E-state index is 13.2. The standard InChI is InChI=1S/C18H17N5O2S/c1-13-17(7-4-8-21-13)23-18(10-15(22-23)12-20-2)26(24,25)16-6-3-5-14(9-16)11-19/h3-10,20H,12H2,1-2H3. The predicted octanol–water partition coefficient (Wildman–Crippen LogP) is 2.00. The summed E-state index contributed by atoms with van der Waals surface area (Å²) in [5.41, 5.74) is 2.12. The molecule has 2 heterocycles. The second-order valence-corrected chi connectivity index (χ2v) is 7.56. The Hall–Kier alpha value is -3.02. The van der Waals surface area contributed by atoms with E-state index in [2.05, 4.69) is 15.4 Å². The van der Waals surface area contributed by atoms with Gasteiger partial charge in [-0.3, -0.25) is 4.98 Å². The van der Waals surface area contributed by atoms with Crippen LogP contribution in [0.5, 0.6) is 0 Å². The maximum absolute atomic E-state index is 13.2. The Morgan fingerprint density at radius 3 is 2.73 bits per heavy atom. The van der Waals surface area contributed by atoms with Crippen molar-refractivity contribution >= 4 is 9.84 Å². The lowest BCUT2D eigenvalue weighted by Gasteiger charge is -2.10. The van der Waals surface area contributed by atoms with Gasteiger partial charge in [-0.25, -0.2) is 13.1 Å². The van der Waals surface area contributed by atoms with Gasteiger partial charge in [0.05, 0.1) is 33.6 Å². The zero-order chi connectivity index (χ0) is 18.7. The van der Waals surface area contributed by atoms with Crippen molar-refractivity contribution in [3.63, 3.8) is 0 Å². The summed E-state index contributed by atoms with van der Waals surface area (Å²) >= 11 is 0. The van der Waals surface area contributed by atoms with E-state index < -0.39 is 9.84 Å². The molecule has 7 nitrogen and oxygen atoms in total. The molecule has 0 unspecified atom stereocenters. The molecule has 0 bridgehead atoms. The molecule has 0 spiro atoms. The molecule has 26 heavy (non-hydrogen) atoms. The SMILES string of the molecule is CNCc1cc(S(=O)(=O)c2cccc(C#N)c2)n(-c2cccnc2C)n1. The van der Waals surface area contributed by atoms with Crippen molar-refractivity contribution in [3.8, 4) is 11.8 Å². The third kappa shape index (κ3) is 3.22. The average Bonchev–Trinajstić information content (AvgIpc) is 3.07. The summed E-state index contributed by atoms with van der Waals surface area (Å²) in [6, 6.07) is 13.0. The highest BCUT2D eigenvalue weighted by Crippen LogP contribution is 2.26. The summed E-state index contributed by atoms with van der Waals surface area (Å²) in [4.78, 5) is 4.27. The molecule has 0 aliphatic rings. The van der Waals surface area contributed by atoms with E-state index in [1.165, 1.54) is 22.9 Å². The fourth-order valence-electron chi connectivity index (χ4n) is 2.59. The van der Waals surface area contributed by atoms with E-state index in [0.717, 1.165) is 0 Å². The zero-order valence-corrected chi connectivity index (χ0v) is 15.2. The molecule has 0 fully saturated rings. The van der Waals surface area contributed by atoms with E-state index in [1.54, 1.807) is 44.4 Å². The van der Waals surface area contributed by atoms with Crippen LogP contribution in [0.15, 0.2) is 58.6 Å². The van der Waals surface area contributed by atoms with Gasteiger partial charge in [-0.2, -0.15) is 10.4 Å². The molecule has 8 heteroatoms. The van der Waals surface area contributed by atoms with E-state index in [1.807, 2.05) is 6.07 Å². The highest BCUT2D eigenvalue weighted by Gasteiger charge is 2.26. The first-order valence-electron chi connectivity index (χ1n) is 7.88. The first kappa shape index (κ1) is 17.8. The smallest absolute Gasteiger partial charge is 0.224 e. The first-order valence-corrected chi connectivity index (χ1v) is 9.36. The molecule has 1 N–H and O–H groups in total. The van der Waals surface area contributed by atoms with Crippen LogP contribution in [0.1, 0.15) is 17.0 Å². The first-order chi connectivity index (χ1) is 12.5. The van der Waals surface area contributed by atoms with Crippen LogP contribution in [0, 0.1) is 18.3 Å². The molecule has 0 saturated heterocycles. The van der Waals surface area contributed by atoms with Crippen LogP contribution in [-0.4, -0.2) is 30.2 Å². The number of pyridine rings is 1. The summed E-state index contributed by atoms with van der Waals surface area (Å²) in [5.74, 6) is 0. The molecule has 0 aliphatic carbocycles. The van der Waals surface area contributed by atoms with Crippen LogP contribution in [0.2, 0.25) is 0 Å². The number of nitriles is 1. The van der Waals surface area contributed by atoms with Gasteiger partial charge in [0, 0.05) is 18.8 Å². The van der Waals surface area contributed by atoms with Crippen LogP contribution in [0.25, 0.3) is 5.69 Å². The van der Waals surface area contributed by atoms with Crippen molar-refractivity contribution in [2.75, 3.05) is 7.05 Å². The van der Waals surface area contributed by atoms with Gasteiger partial charge in [0.15, 0.2) is 5.03 Å². The number of hydrogen-bond acceptors (Lipinski definition) is 6. The minimum Gasteiger partial charge on any atom is -0.314 e. The van der Waals surface area contributed by atoms with Gasteiger partial charge < -0.3 is 5.32 Å². The molecular weight excluding hydrogens is 350 g/mol. The average molecular weight is 367 g/mol. The highest BCUT2D eigenvalue weighted by molar-refractivity contribution is 7.91. The number of benzene rings is 1. The summed E-state index contributed by atoms with van der Waals surface area (Å²) in [7, 11) is -2.11. The lowest BCUT2D eigenvalue weighted by Crippen LogP contribution is -2.11. The molecule has 0 saturated carbocycles. The second-order valence-electron chi connectivity index (χ2n) is 5.67. The lowest BCUT2D eigenvalue weighted by atomic mass is 10.2. The van der Waals surface area contributed by atoms with Gasteiger partial charge >= 0.3 is 0 Å². The third-order valence-corrected chi connectivity index (χ3v) is 5.56. The minimum atomic E-state index is -3.87. The van der Waals surface area contributed by atoms with Crippen molar-refractivity contribution < 1.29 is 8.42 Å². The Kier molecular flexibility index (Phi) is 4.84. The number of sulfone groups is 1. The molecule has 132 valence electrons. The number of rotatable bonds is 5. The molecule has 3 rings (SSSR count). The molecule has 0 aliphatic heterocycles. The van der Waals surface area contributed by atoms with Crippen LogP contribution >= 0.6 is 0 Å². The Bertz CT molecular complexity index is 1100. The predicted molar refractivity (Wildman–Crippen MR) is 95.5 cm³/mol. The largest absolute Gasteiger partial charge is 0.314 e. The summed E-state index contributed by atoms with van der Waals surface area (Å²) in [6.45, 7) is 2.22. The summed E-state index contributed by atoms with van der Waals surface area (Å²) in [6.07, 6.45) is 1.64. The number of aromatic nitrogens is 3. The molecule has 0 atom stereocenters. The van der Waals surface area contributed by atoms with Gasteiger partial charge in [0.25, 0.3) is 0 Å². The van der Waals surface area contributed by atoms with Gasteiger partial charge in [0.2, 0.25) is 9.84 Å². The van der Waals surface area contributed by atoms with Crippen molar-refractivity contribution in [1.82, 2.24) is 20.1 Å². The van der Waals surface area contributed by atoms with Crippen LogP contribution in [0.4, 0.5) is 0 Å². The second kappa shape index (κ2) is 7.07. The van der Waals surface area contributed by atoms with Gasteiger partial charge in [-0.15, -0.1) is 0 Å².